The van der Waals surface area contributed by atoms with Crippen molar-refractivity contribution in [3.8, 4) is 5.75 Å². The number of hydrogen-bond acceptors (Lipinski definition) is 3. The summed E-state index contributed by atoms with van der Waals surface area (Å²) < 4.78 is 5.36. The van der Waals surface area contributed by atoms with Gasteiger partial charge in [0.2, 0.25) is 11.8 Å². The van der Waals surface area contributed by atoms with Gasteiger partial charge in [0.1, 0.15) is 5.75 Å². The van der Waals surface area contributed by atoms with Crippen molar-refractivity contribution in [2.45, 2.75) is 53.4 Å². The third-order valence-corrected chi connectivity index (χ3v) is 5.69. The zero-order valence-corrected chi connectivity index (χ0v) is 17.5. The van der Waals surface area contributed by atoms with Crippen LogP contribution in [0.3, 0.4) is 0 Å². The van der Waals surface area contributed by atoms with Gasteiger partial charge in [-0.1, -0.05) is 19.9 Å². The van der Waals surface area contributed by atoms with Crippen LogP contribution in [0, 0.1) is 19.8 Å². The van der Waals surface area contributed by atoms with Crippen LogP contribution < -0.4 is 4.74 Å². The quantitative estimate of drug-likeness (QED) is 0.767. The van der Waals surface area contributed by atoms with Crippen LogP contribution in [0.5, 0.6) is 5.75 Å². The van der Waals surface area contributed by atoms with Gasteiger partial charge in [-0.25, -0.2) is 0 Å². The van der Waals surface area contributed by atoms with Gasteiger partial charge in [0.15, 0.2) is 0 Å². The molecule has 1 aromatic rings. The van der Waals surface area contributed by atoms with E-state index in [9.17, 15) is 9.59 Å². The molecule has 5 nitrogen and oxygen atoms in total. The summed E-state index contributed by atoms with van der Waals surface area (Å²) >= 11 is 0. The highest BCUT2D eigenvalue weighted by Crippen LogP contribution is 2.23. The number of carbonyl (C=O) groups is 2. The lowest BCUT2D eigenvalue weighted by Crippen LogP contribution is -2.40. The lowest BCUT2D eigenvalue weighted by atomic mass is 10.0. The molecule has 2 rings (SSSR count). The Morgan fingerprint density at radius 2 is 1.63 bits per heavy atom. The first-order chi connectivity index (χ1) is 12.9. The first-order valence-corrected chi connectivity index (χ1v) is 10.1. The minimum absolute atomic E-state index is 0.108. The van der Waals surface area contributed by atoms with E-state index in [4.69, 9.17) is 4.74 Å². The molecule has 0 saturated carbocycles. The maximum Gasteiger partial charge on any atom is 0.227 e. The summed E-state index contributed by atoms with van der Waals surface area (Å²) in [5.41, 5.74) is 3.17. The SMILES string of the molecule is CCC(CC)C(=O)N1CCCN(C(=O)Cc2cc(C)c(OC)cc2C)CC1. The Morgan fingerprint density at radius 1 is 1.00 bits per heavy atom. The van der Waals surface area contributed by atoms with Crippen LogP contribution in [0.2, 0.25) is 0 Å². The van der Waals surface area contributed by atoms with Crippen LogP contribution in [-0.2, 0) is 16.0 Å². The second-order valence-corrected chi connectivity index (χ2v) is 7.50. The number of benzene rings is 1. The van der Waals surface area contributed by atoms with E-state index >= 15 is 0 Å². The first kappa shape index (κ1) is 21.3. The normalized spacial score (nSPS) is 15.0. The maximum absolute atomic E-state index is 12.9. The Bertz CT molecular complexity index is 668. The van der Waals surface area contributed by atoms with Crippen molar-refractivity contribution in [2.24, 2.45) is 5.92 Å². The Morgan fingerprint density at radius 3 is 2.26 bits per heavy atom. The highest BCUT2D eigenvalue weighted by molar-refractivity contribution is 5.80. The van der Waals surface area contributed by atoms with Crippen molar-refractivity contribution in [1.29, 1.82) is 0 Å². The molecule has 0 aromatic heterocycles. The number of ether oxygens (including phenoxy) is 1. The molecule has 1 heterocycles. The summed E-state index contributed by atoms with van der Waals surface area (Å²) in [4.78, 5) is 29.4. The number of rotatable bonds is 6. The predicted molar refractivity (Wildman–Crippen MR) is 108 cm³/mol. The molecule has 2 amide bonds. The Labute approximate surface area is 163 Å². The monoisotopic (exact) mass is 374 g/mol. The third-order valence-electron chi connectivity index (χ3n) is 5.69. The number of hydrogen-bond donors (Lipinski definition) is 0. The van der Waals surface area contributed by atoms with Crippen LogP contribution in [0.4, 0.5) is 0 Å². The van der Waals surface area contributed by atoms with E-state index in [0.717, 1.165) is 54.8 Å². The van der Waals surface area contributed by atoms with Gasteiger partial charge in [0.05, 0.1) is 13.5 Å². The van der Waals surface area contributed by atoms with Gasteiger partial charge in [-0.2, -0.15) is 0 Å². The fraction of sp³-hybridized carbons (Fsp3) is 0.636. The fourth-order valence-electron chi connectivity index (χ4n) is 3.82. The molecule has 0 N–H and O–H groups in total. The average molecular weight is 375 g/mol. The topological polar surface area (TPSA) is 49.9 Å². The van der Waals surface area contributed by atoms with Crippen LogP contribution in [-0.4, -0.2) is 54.9 Å². The van der Waals surface area contributed by atoms with Crippen molar-refractivity contribution in [3.05, 3.63) is 28.8 Å². The van der Waals surface area contributed by atoms with E-state index in [1.165, 1.54) is 0 Å². The summed E-state index contributed by atoms with van der Waals surface area (Å²) in [5.74, 6) is 1.35. The average Bonchev–Trinajstić information content (AvgIpc) is 2.91. The third kappa shape index (κ3) is 5.24. The number of aryl methyl sites for hydroxylation is 2. The zero-order chi connectivity index (χ0) is 20.0. The van der Waals surface area contributed by atoms with Crippen molar-refractivity contribution < 1.29 is 14.3 Å². The van der Waals surface area contributed by atoms with Gasteiger partial charge in [-0.3, -0.25) is 9.59 Å². The van der Waals surface area contributed by atoms with Crippen LogP contribution >= 0.6 is 0 Å². The molecule has 0 bridgehead atoms. The predicted octanol–water partition coefficient (Wildman–Crippen LogP) is 3.35. The summed E-state index contributed by atoms with van der Waals surface area (Å²) in [6, 6.07) is 4.04. The Balaban J connectivity index is 2.00. The molecule has 0 aliphatic carbocycles. The molecular formula is C22H34N2O3. The molecule has 0 spiro atoms. The number of methoxy groups -OCH3 is 1. The van der Waals surface area contributed by atoms with E-state index in [1.54, 1.807) is 7.11 Å². The molecule has 0 unspecified atom stereocenters. The molecule has 5 heteroatoms. The molecule has 0 atom stereocenters. The van der Waals surface area contributed by atoms with Gasteiger partial charge in [-0.05, 0) is 55.9 Å². The lowest BCUT2D eigenvalue weighted by molar-refractivity contribution is -0.136. The molecule has 1 fully saturated rings. The van der Waals surface area contributed by atoms with E-state index in [1.807, 2.05) is 35.8 Å². The van der Waals surface area contributed by atoms with Gasteiger partial charge < -0.3 is 14.5 Å². The zero-order valence-electron chi connectivity index (χ0n) is 17.5. The van der Waals surface area contributed by atoms with Crippen LogP contribution in [0.1, 0.15) is 49.8 Å². The minimum atomic E-state index is 0.108. The van der Waals surface area contributed by atoms with E-state index in [-0.39, 0.29) is 17.7 Å². The Kier molecular flexibility index (Phi) is 7.69. The highest BCUT2D eigenvalue weighted by Gasteiger charge is 2.25. The van der Waals surface area contributed by atoms with Gasteiger partial charge in [0, 0.05) is 32.1 Å². The molecule has 1 aliphatic heterocycles. The van der Waals surface area contributed by atoms with Gasteiger partial charge in [-0.15, -0.1) is 0 Å². The molecule has 27 heavy (non-hydrogen) atoms. The fourth-order valence-corrected chi connectivity index (χ4v) is 3.82. The first-order valence-electron chi connectivity index (χ1n) is 10.1. The molecule has 150 valence electrons. The lowest BCUT2D eigenvalue weighted by Gasteiger charge is -2.25. The van der Waals surface area contributed by atoms with E-state index < -0.39 is 0 Å². The Hall–Kier alpha value is -2.04. The smallest absolute Gasteiger partial charge is 0.227 e. The van der Waals surface area contributed by atoms with E-state index in [0.29, 0.717) is 19.5 Å². The summed E-state index contributed by atoms with van der Waals surface area (Å²) in [6.45, 7) is 10.9. The summed E-state index contributed by atoms with van der Waals surface area (Å²) in [5, 5.41) is 0. The minimum Gasteiger partial charge on any atom is -0.496 e. The summed E-state index contributed by atoms with van der Waals surface area (Å²) in [7, 11) is 1.67. The van der Waals surface area contributed by atoms with Crippen LogP contribution in [0.15, 0.2) is 12.1 Å². The second kappa shape index (κ2) is 9.77. The van der Waals surface area contributed by atoms with Gasteiger partial charge >= 0.3 is 0 Å². The molecule has 0 radical (unpaired) electrons. The van der Waals surface area contributed by atoms with Crippen molar-refractivity contribution in [3.63, 3.8) is 0 Å². The molecular weight excluding hydrogens is 340 g/mol. The number of carbonyl (C=O) groups excluding carboxylic acids is 2. The largest absolute Gasteiger partial charge is 0.496 e. The maximum atomic E-state index is 12.9. The second-order valence-electron chi connectivity index (χ2n) is 7.50. The highest BCUT2D eigenvalue weighted by atomic mass is 16.5. The molecule has 1 aromatic carbocycles. The molecule has 1 saturated heterocycles. The standard InChI is InChI=1S/C22H34N2O3/c1-6-18(7-2)22(26)24-10-8-9-23(11-12-24)21(25)15-19-13-17(4)20(27-5)14-16(19)3/h13-14,18H,6-12,15H2,1-5H3. The van der Waals surface area contributed by atoms with Crippen molar-refractivity contribution >= 4 is 11.8 Å². The van der Waals surface area contributed by atoms with Crippen molar-refractivity contribution in [2.75, 3.05) is 33.3 Å². The number of amides is 2. The van der Waals surface area contributed by atoms with Gasteiger partial charge in [0.25, 0.3) is 0 Å². The molecule has 1 aliphatic rings. The van der Waals surface area contributed by atoms with E-state index in [2.05, 4.69) is 13.8 Å². The van der Waals surface area contributed by atoms with Crippen LogP contribution in [0.25, 0.3) is 0 Å². The summed E-state index contributed by atoms with van der Waals surface area (Å²) in [6.07, 6.45) is 3.00. The number of nitrogens with zero attached hydrogens (tertiary/aromatic N) is 2. The van der Waals surface area contributed by atoms with Crippen molar-refractivity contribution in [1.82, 2.24) is 9.80 Å².